The van der Waals surface area contributed by atoms with Crippen molar-refractivity contribution in [3.63, 3.8) is 0 Å². The van der Waals surface area contributed by atoms with Gasteiger partial charge in [0, 0.05) is 17.1 Å². The largest absolute Gasteiger partial charge is 0.398 e. The Morgan fingerprint density at radius 1 is 1.00 bits per heavy atom. The maximum Gasteiger partial charge on any atom is 0.0452 e. The monoisotopic (exact) mass is 258 g/mol. The Morgan fingerprint density at radius 2 is 1.72 bits per heavy atom. The van der Waals surface area contributed by atoms with Crippen LogP contribution in [0.2, 0.25) is 0 Å². The van der Waals surface area contributed by atoms with Crippen LogP contribution in [0, 0.1) is 0 Å². The molecule has 0 bridgehead atoms. The van der Waals surface area contributed by atoms with Crippen molar-refractivity contribution in [1.29, 1.82) is 0 Å². The van der Waals surface area contributed by atoms with E-state index in [0.717, 1.165) is 17.0 Å². The molecule has 0 aromatic heterocycles. The minimum absolute atomic E-state index is 0.589. The molecule has 0 saturated heterocycles. The lowest BCUT2D eigenvalue weighted by Gasteiger charge is -2.07. The molecule has 0 fully saturated rings. The van der Waals surface area contributed by atoms with Crippen molar-refractivity contribution in [2.45, 2.75) is 17.9 Å². The van der Waals surface area contributed by atoms with E-state index in [1.165, 1.54) is 16.7 Å². The predicted molar refractivity (Wildman–Crippen MR) is 79.8 cm³/mol. The summed E-state index contributed by atoms with van der Waals surface area (Å²) in [5.41, 5.74) is 16.1. The fourth-order valence-corrected chi connectivity index (χ4v) is 2.54. The van der Waals surface area contributed by atoms with Gasteiger partial charge in [-0.1, -0.05) is 30.3 Å². The molecule has 0 radical (unpaired) electrons. The Labute approximate surface area is 112 Å². The predicted octanol–water partition coefficient (Wildman–Crippen LogP) is 3.04. The zero-order valence-electron chi connectivity index (χ0n) is 10.5. The molecule has 2 aromatic rings. The lowest BCUT2D eigenvalue weighted by molar-refractivity contribution is 1.05. The standard InChI is InChI=1S/C15H18N2S/c1-18-15-9-12(5-6-14(15)17)7-11-3-2-4-13(8-11)10-16/h2-6,8-9H,7,10,16-17H2,1H3. The highest BCUT2D eigenvalue weighted by Gasteiger charge is 2.02. The highest BCUT2D eigenvalue weighted by Crippen LogP contribution is 2.25. The van der Waals surface area contributed by atoms with Gasteiger partial charge in [0.1, 0.15) is 0 Å². The zero-order valence-corrected chi connectivity index (χ0v) is 11.3. The summed E-state index contributed by atoms with van der Waals surface area (Å²) in [5.74, 6) is 0. The number of benzene rings is 2. The molecule has 0 saturated carbocycles. The van der Waals surface area contributed by atoms with Gasteiger partial charge < -0.3 is 11.5 Å². The Kier molecular flexibility index (Phi) is 4.28. The number of nitrogen functional groups attached to an aromatic ring is 1. The Hall–Kier alpha value is -1.45. The van der Waals surface area contributed by atoms with Crippen molar-refractivity contribution in [3.05, 3.63) is 59.2 Å². The van der Waals surface area contributed by atoms with Crippen molar-refractivity contribution in [2.24, 2.45) is 5.73 Å². The summed E-state index contributed by atoms with van der Waals surface area (Å²) in [5, 5.41) is 0. The van der Waals surface area contributed by atoms with Crippen molar-refractivity contribution in [2.75, 3.05) is 12.0 Å². The molecule has 2 rings (SSSR count). The second-order valence-corrected chi connectivity index (χ2v) is 5.13. The van der Waals surface area contributed by atoms with Gasteiger partial charge in [-0.3, -0.25) is 0 Å². The Balaban J connectivity index is 2.22. The molecule has 2 nitrogen and oxygen atoms in total. The smallest absolute Gasteiger partial charge is 0.0452 e. The van der Waals surface area contributed by atoms with Gasteiger partial charge in [0.05, 0.1) is 0 Å². The summed E-state index contributed by atoms with van der Waals surface area (Å²) in [6.07, 6.45) is 2.96. The molecule has 4 N–H and O–H groups in total. The summed E-state index contributed by atoms with van der Waals surface area (Å²) in [6, 6.07) is 14.6. The van der Waals surface area contributed by atoms with E-state index in [2.05, 4.69) is 36.4 Å². The van der Waals surface area contributed by atoms with Crippen molar-refractivity contribution >= 4 is 17.4 Å². The van der Waals surface area contributed by atoms with Crippen LogP contribution in [0.1, 0.15) is 16.7 Å². The van der Waals surface area contributed by atoms with E-state index in [-0.39, 0.29) is 0 Å². The number of rotatable bonds is 4. The first-order valence-electron chi connectivity index (χ1n) is 5.93. The average Bonchev–Trinajstić information content (AvgIpc) is 2.41. The molecule has 0 aliphatic rings. The first-order valence-corrected chi connectivity index (χ1v) is 7.15. The van der Waals surface area contributed by atoms with Crippen molar-refractivity contribution < 1.29 is 0 Å². The van der Waals surface area contributed by atoms with Crippen LogP contribution in [-0.2, 0) is 13.0 Å². The van der Waals surface area contributed by atoms with E-state index < -0.39 is 0 Å². The van der Waals surface area contributed by atoms with Gasteiger partial charge in [-0.15, -0.1) is 11.8 Å². The highest BCUT2D eigenvalue weighted by molar-refractivity contribution is 7.98. The Morgan fingerprint density at radius 3 is 2.44 bits per heavy atom. The minimum Gasteiger partial charge on any atom is -0.398 e. The summed E-state index contributed by atoms with van der Waals surface area (Å²) in [6.45, 7) is 0.589. The lowest BCUT2D eigenvalue weighted by atomic mass is 10.0. The van der Waals surface area contributed by atoms with Gasteiger partial charge in [0.2, 0.25) is 0 Å². The third-order valence-corrected chi connectivity index (χ3v) is 3.73. The summed E-state index contributed by atoms with van der Waals surface area (Å²) < 4.78 is 0. The number of thioether (sulfide) groups is 1. The summed E-state index contributed by atoms with van der Waals surface area (Å²) >= 11 is 1.68. The van der Waals surface area contributed by atoms with Crippen LogP contribution >= 0.6 is 11.8 Å². The van der Waals surface area contributed by atoms with Crippen LogP contribution in [0.25, 0.3) is 0 Å². The first-order chi connectivity index (χ1) is 8.72. The van der Waals surface area contributed by atoms with Gasteiger partial charge in [0.15, 0.2) is 0 Å². The number of nitrogens with two attached hydrogens (primary N) is 2. The van der Waals surface area contributed by atoms with E-state index in [1.807, 2.05) is 12.3 Å². The molecule has 0 unspecified atom stereocenters. The maximum atomic E-state index is 5.90. The van der Waals surface area contributed by atoms with Gasteiger partial charge in [-0.05, 0) is 41.5 Å². The van der Waals surface area contributed by atoms with E-state index in [9.17, 15) is 0 Å². The van der Waals surface area contributed by atoms with Crippen molar-refractivity contribution in [1.82, 2.24) is 0 Å². The normalized spacial score (nSPS) is 10.6. The quantitative estimate of drug-likeness (QED) is 0.654. The maximum absolute atomic E-state index is 5.90. The molecule has 0 aliphatic heterocycles. The second kappa shape index (κ2) is 5.94. The number of hydrogen-bond acceptors (Lipinski definition) is 3. The van der Waals surface area contributed by atoms with Crippen LogP contribution in [0.4, 0.5) is 5.69 Å². The fourth-order valence-electron chi connectivity index (χ4n) is 1.97. The molecule has 0 aliphatic carbocycles. The third-order valence-electron chi connectivity index (χ3n) is 2.93. The minimum atomic E-state index is 0.589. The average molecular weight is 258 g/mol. The zero-order chi connectivity index (χ0) is 13.0. The van der Waals surface area contributed by atoms with Crippen molar-refractivity contribution in [3.8, 4) is 0 Å². The van der Waals surface area contributed by atoms with Crippen LogP contribution in [-0.4, -0.2) is 6.26 Å². The van der Waals surface area contributed by atoms with Gasteiger partial charge in [-0.25, -0.2) is 0 Å². The number of hydrogen-bond donors (Lipinski definition) is 2. The summed E-state index contributed by atoms with van der Waals surface area (Å²) in [7, 11) is 0. The molecule has 0 spiro atoms. The molecular formula is C15H18N2S. The van der Waals surface area contributed by atoms with Crippen LogP contribution in [0.15, 0.2) is 47.4 Å². The second-order valence-electron chi connectivity index (χ2n) is 4.28. The molecule has 3 heteroatoms. The molecule has 0 heterocycles. The van der Waals surface area contributed by atoms with E-state index in [4.69, 9.17) is 11.5 Å². The molecular weight excluding hydrogens is 240 g/mol. The topological polar surface area (TPSA) is 52.0 Å². The Bertz CT molecular complexity index is 538. The first kappa shape index (κ1) is 13.0. The van der Waals surface area contributed by atoms with Gasteiger partial charge in [0.25, 0.3) is 0 Å². The molecule has 2 aromatic carbocycles. The fraction of sp³-hybridized carbons (Fsp3) is 0.200. The summed E-state index contributed by atoms with van der Waals surface area (Å²) in [4.78, 5) is 1.14. The van der Waals surface area contributed by atoms with Gasteiger partial charge in [-0.2, -0.15) is 0 Å². The number of anilines is 1. The third kappa shape index (κ3) is 3.06. The lowest BCUT2D eigenvalue weighted by Crippen LogP contribution is -1.98. The SMILES string of the molecule is CSc1cc(Cc2cccc(CN)c2)ccc1N. The van der Waals surface area contributed by atoms with Crippen LogP contribution < -0.4 is 11.5 Å². The van der Waals surface area contributed by atoms with Crippen LogP contribution in [0.5, 0.6) is 0 Å². The van der Waals surface area contributed by atoms with E-state index >= 15 is 0 Å². The van der Waals surface area contributed by atoms with E-state index in [0.29, 0.717) is 6.54 Å². The molecule has 94 valence electrons. The van der Waals surface area contributed by atoms with Gasteiger partial charge >= 0.3 is 0 Å². The molecule has 18 heavy (non-hydrogen) atoms. The molecule has 0 atom stereocenters. The van der Waals surface area contributed by atoms with Crippen LogP contribution in [0.3, 0.4) is 0 Å². The van der Waals surface area contributed by atoms with E-state index in [1.54, 1.807) is 11.8 Å². The molecule has 0 amide bonds. The highest BCUT2D eigenvalue weighted by atomic mass is 32.2.